The normalized spacial score (nSPS) is 20.6. The summed E-state index contributed by atoms with van der Waals surface area (Å²) in [5.41, 5.74) is 0.990. The largest absolute Gasteiger partial charge is 0.445 e. The lowest BCUT2D eigenvalue weighted by Crippen LogP contribution is -2.42. The highest BCUT2D eigenvalue weighted by molar-refractivity contribution is 6.30. The lowest BCUT2D eigenvalue weighted by atomic mass is 10.0. The average Bonchev–Trinajstić information content (AvgIpc) is 3.14. The summed E-state index contributed by atoms with van der Waals surface area (Å²) < 4.78 is 12.7. The zero-order valence-electron chi connectivity index (χ0n) is 14.6. The molecule has 0 spiro atoms. The minimum atomic E-state index is -0.828. The molecule has 0 N–H and O–H groups in total. The zero-order chi connectivity index (χ0) is 19.2. The van der Waals surface area contributed by atoms with Gasteiger partial charge in [0.05, 0.1) is 12.2 Å². The van der Waals surface area contributed by atoms with E-state index in [0.29, 0.717) is 18.1 Å². The SMILES string of the molecule is C[C@]1(COC(=O)N2CCCc3cc(Cl)ccc32)Cn2cc([N+](=O)[O-])nc2O1. The number of carbonyl (C=O) groups excluding carboxylic acids is 1. The molecule has 10 heteroatoms. The van der Waals surface area contributed by atoms with Gasteiger partial charge in [-0.05, 0) is 48.5 Å². The number of aryl methyl sites for hydroxylation is 1. The summed E-state index contributed by atoms with van der Waals surface area (Å²) >= 11 is 6.03. The molecule has 3 heterocycles. The highest BCUT2D eigenvalue weighted by Crippen LogP contribution is 2.33. The van der Waals surface area contributed by atoms with Crippen molar-refractivity contribution in [1.82, 2.24) is 9.55 Å². The molecule has 2 aromatic rings. The van der Waals surface area contributed by atoms with E-state index in [2.05, 4.69) is 4.98 Å². The number of ether oxygens (including phenoxy) is 2. The van der Waals surface area contributed by atoms with Gasteiger partial charge in [0.25, 0.3) is 0 Å². The Balaban J connectivity index is 1.42. The van der Waals surface area contributed by atoms with Gasteiger partial charge >= 0.3 is 17.9 Å². The molecule has 0 bridgehead atoms. The highest BCUT2D eigenvalue weighted by Gasteiger charge is 2.42. The van der Waals surface area contributed by atoms with Gasteiger partial charge in [0, 0.05) is 16.6 Å². The molecule has 2 aliphatic heterocycles. The Morgan fingerprint density at radius 3 is 3.07 bits per heavy atom. The quantitative estimate of drug-likeness (QED) is 0.587. The molecule has 0 saturated carbocycles. The van der Waals surface area contributed by atoms with Crippen molar-refractivity contribution < 1.29 is 19.2 Å². The number of hydrogen-bond acceptors (Lipinski definition) is 6. The highest BCUT2D eigenvalue weighted by atomic mass is 35.5. The Morgan fingerprint density at radius 2 is 2.33 bits per heavy atom. The number of hydrogen-bond donors (Lipinski definition) is 0. The van der Waals surface area contributed by atoms with E-state index < -0.39 is 16.6 Å². The Bertz CT molecular complexity index is 905. The number of fused-ring (bicyclic) bond motifs is 2. The molecule has 2 aliphatic rings. The zero-order valence-corrected chi connectivity index (χ0v) is 15.3. The van der Waals surface area contributed by atoms with E-state index in [1.807, 2.05) is 12.1 Å². The van der Waals surface area contributed by atoms with Crippen molar-refractivity contribution in [2.45, 2.75) is 31.9 Å². The Morgan fingerprint density at radius 1 is 1.52 bits per heavy atom. The van der Waals surface area contributed by atoms with Crippen LogP contribution in [-0.2, 0) is 17.7 Å². The third-order valence-electron chi connectivity index (χ3n) is 4.64. The number of imidazole rings is 1. The van der Waals surface area contributed by atoms with Crippen LogP contribution in [0.3, 0.4) is 0 Å². The van der Waals surface area contributed by atoms with Gasteiger partial charge in [-0.1, -0.05) is 11.6 Å². The molecule has 4 rings (SSSR count). The second-order valence-electron chi connectivity index (χ2n) is 6.90. The number of benzene rings is 1. The van der Waals surface area contributed by atoms with Gasteiger partial charge in [0.2, 0.25) is 0 Å². The molecule has 9 nitrogen and oxygen atoms in total. The fourth-order valence-electron chi connectivity index (χ4n) is 3.40. The maximum Gasteiger partial charge on any atom is 0.415 e. The van der Waals surface area contributed by atoms with E-state index >= 15 is 0 Å². The number of amides is 1. The molecule has 0 unspecified atom stereocenters. The van der Waals surface area contributed by atoms with Gasteiger partial charge in [-0.3, -0.25) is 9.47 Å². The molecule has 0 aliphatic carbocycles. The van der Waals surface area contributed by atoms with Gasteiger partial charge in [0.15, 0.2) is 5.60 Å². The predicted molar refractivity (Wildman–Crippen MR) is 96.4 cm³/mol. The topological polar surface area (TPSA) is 99.7 Å². The molecule has 27 heavy (non-hydrogen) atoms. The van der Waals surface area contributed by atoms with Crippen molar-refractivity contribution >= 4 is 29.2 Å². The fourth-order valence-corrected chi connectivity index (χ4v) is 3.60. The van der Waals surface area contributed by atoms with Crippen LogP contribution in [0, 0.1) is 10.1 Å². The summed E-state index contributed by atoms with van der Waals surface area (Å²) in [4.78, 5) is 28.2. The molecule has 1 aromatic heterocycles. The molecular formula is C17H17ClN4O5. The molecule has 0 saturated heterocycles. The van der Waals surface area contributed by atoms with Crippen LogP contribution < -0.4 is 9.64 Å². The van der Waals surface area contributed by atoms with E-state index in [9.17, 15) is 14.9 Å². The van der Waals surface area contributed by atoms with Crippen LogP contribution in [0.2, 0.25) is 5.02 Å². The van der Waals surface area contributed by atoms with Crippen LogP contribution in [0.15, 0.2) is 24.4 Å². The summed E-state index contributed by atoms with van der Waals surface area (Å²) in [5.74, 6) is -0.271. The molecule has 0 fully saturated rings. The predicted octanol–water partition coefficient (Wildman–Crippen LogP) is 3.19. The van der Waals surface area contributed by atoms with Gasteiger partial charge < -0.3 is 19.6 Å². The van der Waals surface area contributed by atoms with E-state index in [4.69, 9.17) is 21.1 Å². The number of aromatic nitrogens is 2. The second-order valence-corrected chi connectivity index (χ2v) is 7.34. The Kier molecular flexibility index (Phi) is 4.18. The lowest BCUT2D eigenvalue weighted by Gasteiger charge is -2.30. The fraction of sp³-hybridized carbons (Fsp3) is 0.412. The van der Waals surface area contributed by atoms with Crippen molar-refractivity contribution in [3.63, 3.8) is 0 Å². The van der Waals surface area contributed by atoms with E-state index in [-0.39, 0.29) is 18.4 Å². The van der Waals surface area contributed by atoms with Crippen LogP contribution >= 0.6 is 11.6 Å². The first-order valence-electron chi connectivity index (χ1n) is 8.48. The number of halogens is 1. The molecule has 142 valence electrons. The molecular weight excluding hydrogens is 376 g/mol. The number of nitrogens with zero attached hydrogens (tertiary/aromatic N) is 4. The van der Waals surface area contributed by atoms with E-state index in [0.717, 1.165) is 24.1 Å². The summed E-state index contributed by atoms with van der Waals surface area (Å²) in [6, 6.07) is 5.59. The molecule has 0 radical (unpaired) electrons. The summed E-state index contributed by atoms with van der Waals surface area (Å²) in [6.45, 7) is 2.65. The standard InChI is InChI=1S/C17H17ClN4O5/c1-17(9-20-8-14(22(24)25)19-15(20)27-17)10-26-16(23)21-6-2-3-11-7-12(18)4-5-13(11)21/h4-5,7-8H,2-3,6,9-10H2,1H3/t17-/m1/s1. The Labute approximate surface area is 159 Å². The summed E-state index contributed by atoms with van der Waals surface area (Å²) in [7, 11) is 0. The minimum absolute atomic E-state index is 0.00239. The molecule has 1 amide bonds. The first kappa shape index (κ1) is 17.6. The van der Waals surface area contributed by atoms with Crippen LogP contribution in [0.25, 0.3) is 0 Å². The monoisotopic (exact) mass is 392 g/mol. The number of nitro groups is 1. The molecule has 1 aromatic carbocycles. The van der Waals surface area contributed by atoms with Crippen LogP contribution in [0.4, 0.5) is 16.3 Å². The minimum Gasteiger partial charge on any atom is -0.445 e. The van der Waals surface area contributed by atoms with Crippen molar-refractivity contribution in [1.29, 1.82) is 0 Å². The first-order chi connectivity index (χ1) is 12.8. The van der Waals surface area contributed by atoms with Crippen LogP contribution in [-0.4, -0.2) is 39.3 Å². The van der Waals surface area contributed by atoms with Gasteiger partial charge in [0.1, 0.15) is 12.8 Å². The number of anilines is 1. The summed E-state index contributed by atoms with van der Waals surface area (Å²) in [5, 5.41) is 11.4. The maximum atomic E-state index is 12.6. The first-order valence-corrected chi connectivity index (χ1v) is 8.86. The van der Waals surface area contributed by atoms with E-state index in [1.54, 1.807) is 22.5 Å². The lowest BCUT2D eigenvalue weighted by molar-refractivity contribution is -0.389. The van der Waals surface area contributed by atoms with Gasteiger partial charge in [-0.15, -0.1) is 0 Å². The third-order valence-corrected chi connectivity index (χ3v) is 4.87. The van der Waals surface area contributed by atoms with Crippen molar-refractivity contribution in [3.8, 4) is 6.01 Å². The average molecular weight is 393 g/mol. The van der Waals surface area contributed by atoms with Crippen LogP contribution in [0.1, 0.15) is 18.9 Å². The van der Waals surface area contributed by atoms with Gasteiger partial charge in [-0.25, -0.2) is 4.79 Å². The maximum absolute atomic E-state index is 12.6. The van der Waals surface area contributed by atoms with Crippen molar-refractivity contribution in [3.05, 3.63) is 45.1 Å². The third kappa shape index (κ3) is 3.30. The van der Waals surface area contributed by atoms with Crippen molar-refractivity contribution in [2.24, 2.45) is 0 Å². The van der Waals surface area contributed by atoms with Crippen molar-refractivity contribution in [2.75, 3.05) is 18.1 Å². The number of carbonyl (C=O) groups is 1. The Hall–Kier alpha value is -2.81. The van der Waals surface area contributed by atoms with E-state index in [1.165, 1.54) is 6.20 Å². The van der Waals surface area contributed by atoms with Crippen LogP contribution in [0.5, 0.6) is 6.01 Å². The number of rotatable bonds is 3. The second kappa shape index (κ2) is 6.41. The molecule has 1 atom stereocenters. The summed E-state index contributed by atoms with van der Waals surface area (Å²) in [6.07, 6.45) is 2.54. The smallest absolute Gasteiger partial charge is 0.415 e. The van der Waals surface area contributed by atoms with Gasteiger partial charge in [-0.2, -0.15) is 0 Å².